The Morgan fingerprint density at radius 3 is 2.85 bits per heavy atom. The first-order chi connectivity index (χ1) is 9.56. The number of anilines is 1. The fraction of sp³-hybridized carbons (Fsp3) is 0.143. The number of thioether (sulfide) groups is 1. The molecule has 0 aliphatic rings. The summed E-state index contributed by atoms with van der Waals surface area (Å²) < 4.78 is 0. The Hall–Kier alpha value is -2.21. The number of aryl methyl sites for hydroxylation is 1. The number of hydrogen-bond donors (Lipinski definition) is 3. The van der Waals surface area contributed by atoms with Crippen LogP contribution in [0.4, 0.5) is 5.69 Å². The molecular formula is C14H15N3O2S. The van der Waals surface area contributed by atoms with Crippen molar-refractivity contribution in [1.29, 1.82) is 0 Å². The summed E-state index contributed by atoms with van der Waals surface area (Å²) in [5, 5.41) is 2.33. The van der Waals surface area contributed by atoms with Crippen LogP contribution in [0.2, 0.25) is 0 Å². The number of aromatic amines is 1. The molecule has 0 aliphatic carbocycles. The summed E-state index contributed by atoms with van der Waals surface area (Å²) in [4.78, 5) is 27.1. The van der Waals surface area contributed by atoms with E-state index in [1.807, 2.05) is 25.1 Å². The van der Waals surface area contributed by atoms with E-state index in [-0.39, 0.29) is 11.7 Å². The molecule has 0 radical (unpaired) electrons. The van der Waals surface area contributed by atoms with Crippen LogP contribution in [0, 0.1) is 6.92 Å². The topological polar surface area (TPSA) is 88.0 Å². The molecule has 2 aromatic rings. The largest absolute Gasteiger partial charge is 0.399 e. The van der Waals surface area contributed by atoms with Gasteiger partial charge in [-0.1, -0.05) is 6.07 Å². The number of nitrogens with one attached hydrogen (secondary N) is 2. The van der Waals surface area contributed by atoms with Crippen LogP contribution >= 0.6 is 11.8 Å². The maximum Gasteiger partial charge on any atom is 0.274 e. The minimum Gasteiger partial charge on any atom is -0.399 e. The summed E-state index contributed by atoms with van der Waals surface area (Å²) in [6, 6.07) is 8.84. The van der Waals surface area contributed by atoms with Crippen molar-refractivity contribution in [3.63, 3.8) is 0 Å². The molecule has 0 aliphatic heterocycles. The molecule has 0 saturated carbocycles. The number of imide groups is 1. The summed E-state index contributed by atoms with van der Waals surface area (Å²) in [5.74, 6) is -0.599. The van der Waals surface area contributed by atoms with E-state index in [0.29, 0.717) is 11.4 Å². The zero-order chi connectivity index (χ0) is 14.5. The van der Waals surface area contributed by atoms with Crippen LogP contribution in [0.1, 0.15) is 16.1 Å². The molecule has 1 heterocycles. The number of nitrogen functional groups attached to an aromatic ring is 1. The second kappa shape index (κ2) is 6.29. The number of nitrogens with two attached hydrogens (primary N) is 1. The number of carbonyl (C=O) groups is 2. The standard InChI is InChI=1S/C14H15N3O2S/c1-9-4-5-10(15)7-12(9)20-8-13(18)17-14(19)11-3-2-6-16-11/h2-7,16H,8,15H2,1H3,(H,17,18,19). The Labute approximate surface area is 120 Å². The van der Waals surface area contributed by atoms with Gasteiger partial charge in [-0.25, -0.2) is 0 Å². The SMILES string of the molecule is Cc1ccc(N)cc1SCC(=O)NC(=O)c1ccc[nH]1. The monoisotopic (exact) mass is 289 g/mol. The van der Waals surface area contributed by atoms with Crippen LogP contribution in [-0.4, -0.2) is 22.6 Å². The Kier molecular flexibility index (Phi) is 4.47. The summed E-state index contributed by atoms with van der Waals surface area (Å²) >= 11 is 1.35. The van der Waals surface area contributed by atoms with Gasteiger partial charge in [0.05, 0.1) is 5.75 Å². The Balaban J connectivity index is 1.89. The second-order valence-electron chi connectivity index (χ2n) is 4.27. The van der Waals surface area contributed by atoms with Crippen LogP contribution in [0.15, 0.2) is 41.4 Å². The minimum atomic E-state index is -0.426. The van der Waals surface area contributed by atoms with Gasteiger partial charge in [-0.05, 0) is 36.8 Å². The molecule has 0 spiro atoms. The highest BCUT2D eigenvalue weighted by molar-refractivity contribution is 8.00. The van der Waals surface area contributed by atoms with Crippen LogP contribution < -0.4 is 11.1 Å². The van der Waals surface area contributed by atoms with Crippen molar-refractivity contribution >= 4 is 29.3 Å². The van der Waals surface area contributed by atoms with Gasteiger partial charge in [0.2, 0.25) is 5.91 Å². The van der Waals surface area contributed by atoms with E-state index < -0.39 is 5.91 Å². The summed E-state index contributed by atoms with van der Waals surface area (Å²) in [5.41, 5.74) is 7.77. The Morgan fingerprint density at radius 1 is 1.35 bits per heavy atom. The molecule has 5 nitrogen and oxygen atoms in total. The lowest BCUT2D eigenvalue weighted by molar-refractivity contribution is -0.117. The third-order valence-electron chi connectivity index (χ3n) is 2.67. The molecule has 1 aromatic heterocycles. The number of aromatic nitrogens is 1. The van der Waals surface area contributed by atoms with Gasteiger partial charge in [0.1, 0.15) is 5.69 Å². The lowest BCUT2D eigenvalue weighted by Crippen LogP contribution is -2.32. The predicted octanol–water partition coefficient (Wildman–Crippen LogP) is 1.95. The van der Waals surface area contributed by atoms with Crippen molar-refractivity contribution < 1.29 is 9.59 Å². The van der Waals surface area contributed by atoms with Crippen molar-refractivity contribution in [1.82, 2.24) is 10.3 Å². The van der Waals surface area contributed by atoms with Crippen molar-refractivity contribution in [3.8, 4) is 0 Å². The van der Waals surface area contributed by atoms with E-state index in [1.54, 1.807) is 18.3 Å². The zero-order valence-electron chi connectivity index (χ0n) is 11.0. The van der Waals surface area contributed by atoms with Gasteiger partial charge < -0.3 is 10.7 Å². The summed E-state index contributed by atoms with van der Waals surface area (Å²) in [6.45, 7) is 1.95. The lowest BCUT2D eigenvalue weighted by atomic mass is 10.2. The van der Waals surface area contributed by atoms with Gasteiger partial charge in [-0.2, -0.15) is 0 Å². The average molecular weight is 289 g/mol. The lowest BCUT2D eigenvalue weighted by Gasteiger charge is -2.06. The molecule has 104 valence electrons. The maximum atomic E-state index is 11.7. The van der Waals surface area contributed by atoms with Crippen molar-refractivity contribution in [2.75, 3.05) is 11.5 Å². The number of rotatable bonds is 4. The highest BCUT2D eigenvalue weighted by Gasteiger charge is 2.11. The normalized spacial score (nSPS) is 10.2. The molecule has 2 amide bonds. The fourth-order valence-electron chi connectivity index (χ4n) is 1.62. The summed E-state index contributed by atoms with van der Waals surface area (Å²) in [6.07, 6.45) is 1.63. The van der Waals surface area contributed by atoms with E-state index in [2.05, 4.69) is 10.3 Å². The minimum absolute atomic E-state index is 0.163. The fourth-order valence-corrected chi connectivity index (χ4v) is 2.49. The van der Waals surface area contributed by atoms with Crippen LogP contribution in [-0.2, 0) is 4.79 Å². The Morgan fingerprint density at radius 2 is 2.15 bits per heavy atom. The molecule has 0 unspecified atom stereocenters. The second-order valence-corrected chi connectivity index (χ2v) is 5.29. The van der Waals surface area contributed by atoms with Gasteiger partial charge in [-0.3, -0.25) is 14.9 Å². The first-order valence-corrected chi connectivity index (χ1v) is 7.01. The number of carbonyl (C=O) groups excluding carboxylic acids is 2. The molecule has 0 atom stereocenters. The van der Waals surface area contributed by atoms with E-state index in [4.69, 9.17) is 5.73 Å². The molecule has 0 fully saturated rings. The highest BCUT2D eigenvalue weighted by Crippen LogP contribution is 2.24. The number of amides is 2. The molecule has 20 heavy (non-hydrogen) atoms. The van der Waals surface area contributed by atoms with Gasteiger partial charge in [0.25, 0.3) is 5.91 Å². The molecule has 4 N–H and O–H groups in total. The summed E-state index contributed by atoms with van der Waals surface area (Å²) in [7, 11) is 0. The molecular weight excluding hydrogens is 274 g/mol. The van der Waals surface area contributed by atoms with E-state index in [9.17, 15) is 9.59 Å². The van der Waals surface area contributed by atoms with E-state index >= 15 is 0 Å². The number of hydrogen-bond acceptors (Lipinski definition) is 4. The van der Waals surface area contributed by atoms with Gasteiger partial charge >= 0.3 is 0 Å². The smallest absolute Gasteiger partial charge is 0.274 e. The molecule has 0 saturated heterocycles. The molecule has 1 aromatic carbocycles. The van der Waals surface area contributed by atoms with Crippen LogP contribution in [0.25, 0.3) is 0 Å². The predicted molar refractivity (Wildman–Crippen MR) is 79.6 cm³/mol. The number of H-pyrrole nitrogens is 1. The van der Waals surface area contributed by atoms with Crippen LogP contribution in [0.3, 0.4) is 0 Å². The molecule has 6 heteroatoms. The van der Waals surface area contributed by atoms with E-state index in [0.717, 1.165) is 10.5 Å². The molecule has 2 rings (SSSR count). The first-order valence-electron chi connectivity index (χ1n) is 6.03. The van der Waals surface area contributed by atoms with Gasteiger partial charge in [0, 0.05) is 16.8 Å². The average Bonchev–Trinajstić information content (AvgIpc) is 2.94. The third kappa shape index (κ3) is 3.64. The van der Waals surface area contributed by atoms with Gasteiger partial charge in [0.15, 0.2) is 0 Å². The van der Waals surface area contributed by atoms with Crippen LogP contribution in [0.5, 0.6) is 0 Å². The number of benzene rings is 1. The van der Waals surface area contributed by atoms with Crippen molar-refractivity contribution in [3.05, 3.63) is 47.8 Å². The molecule has 0 bridgehead atoms. The highest BCUT2D eigenvalue weighted by atomic mass is 32.2. The van der Waals surface area contributed by atoms with E-state index in [1.165, 1.54) is 11.8 Å². The Bertz CT molecular complexity index is 623. The van der Waals surface area contributed by atoms with Crippen molar-refractivity contribution in [2.24, 2.45) is 0 Å². The first kappa shape index (κ1) is 14.2. The maximum absolute atomic E-state index is 11.7. The third-order valence-corrected chi connectivity index (χ3v) is 3.82. The van der Waals surface area contributed by atoms with Gasteiger partial charge in [-0.15, -0.1) is 11.8 Å². The zero-order valence-corrected chi connectivity index (χ0v) is 11.8. The quantitative estimate of drug-likeness (QED) is 0.593. The van der Waals surface area contributed by atoms with Crippen molar-refractivity contribution in [2.45, 2.75) is 11.8 Å².